The van der Waals surface area contributed by atoms with E-state index >= 15 is 0 Å². The van der Waals surface area contributed by atoms with Crippen LogP contribution in [-0.2, 0) is 32.2 Å². The molecule has 12 heteroatoms. The largest absolute Gasteiger partial charge is 0.497 e. The minimum Gasteiger partial charge on any atom is -0.497 e. The molecule has 1 heterocycles. The average Bonchev–Trinajstić information content (AvgIpc) is 2.78. The molecule has 1 fully saturated rings. The molecule has 8 nitrogen and oxygen atoms in total. The number of piperazine rings is 1. The number of amides is 1. The summed E-state index contributed by atoms with van der Waals surface area (Å²) in [6.45, 7) is -0.769. The predicted octanol–water partition coefficient (Wildman–Crippen LogP) is 2.24. The Balaban J connectivity index is 1.78. The molecular weight excluding hydrogens is 465 g/mol. The van der Waals surface area contributed by atoms with Crippen LogP contribution in [0.3, 0.4) is 0 Å². The molecule has 0 saturated carbocycles. The Morgan fingerprint density at radius 3 is 2.36 bits per heavy atom. The van der Waals surface area contributed by atoms with Gasteiger partial charge in [-0.15, -0.1) is 0 Å². The first kappa shape index (κ1) is 24.5. The maximum atomic E-state index is 13.0. The molecule has 0 unspecified atom stereocenters. The highest BCUT2D eigenvalue weighted by Crippen LogP contribution is 2.31. The van der Waals surface area contributed by atoms with Crippen molar-refractivity contribution in [2.75, 3.05) is 26.7 Å². The second-order valence-corrected chi connectivity index (χ2v) is 9.25. The SMILES string of the molecule is COc1cccc(CC(=O)N2CCN(S(=O)(=O)c3ccc(C(F)(F)F)cc3)[C@@H](C(=O)O)C2)c1. The summed E-state index contributed by atoms with van der Waals surface area (Å²) in [6, 6.07) is 8.02. The topological polar surface area (TPSA) is 104 Å². The molecule has 1 aliphatic rings. The zero-order valence-corrected chi connectivity index (χ0v) is 18.3. The number of methoxy groups -OCH3 is 1. The number of nitrogens with zero attached hydrogens (tertiary/aromatic N) is 2. The van der Waals surface area contributed by atoms with Crippen LogP contribution < -0.4 is 4.74 Å². The van der Waals surface area contributed by atoms with Crippen LogP contribution in [0.15, 0.2) is 53.4 Å². The summed E-state index contributed by atoms with van der Waals surface area (Å²) in [6.07, 6.45) is -4.67. The first-order chi connectivity index (χ1) is 15.4. The van der Waals surface area contributed by atoms with Crippen molar-refractivity contribution in [2.24, 2.45) is 0 Å². The van der Waals surface area contributed by atoms with E-state index in [0.717, 1.165) is 12.1 Å². The van der Waals surface area contributed by atoms with Crippen molar-refractivity contribution >= 4 is 21.9 Å². The van der Waals surface area contributed by atoms with E-state index in [2.05, 4.69) is 0 Å². The molecule has 0 aromatic heterocycles. The van der Waals surface area contributed by atoms with Crippen molar-refractivity contribution in [3.63, 3.8) is 0 Å². The van der Waals surface area contributed by atoms with Gasteiger partial charge in [-0.05, 0) is 42.0 Å². The Kier molecular flexibility index (Phi) is 6.98. The Bertz CT molecular complexity index is 1140. The van der Waals surface area contributed by atoms with Gasteiger partial charge in [0.25, 0.3) is 0 Å². The second kappa shape index (κ2) is 9.40. The van der Waals surface area contributed by atoms with Gasteiger partial charge in [-0.2, -0.15) is 17.5 Å². The summed E-state index contributed by atoms with van der Waals surface area (Å²) < 4.78 is 70.1. The number of hydrogen-bond acceptors (Lipinski definition) is 5. The first-order valence-electron chi connectivity index (χ1n) is 9.76. The molecule has 178 valence electrons. The lowest BCUT2D eigenvalue weighted by atomic mass is 10.1. The van der Waals surface area contributed by atoms with Crippen LogP contribution in [0.5, 0.6) is 5.75 Å². The van der Waals surface area contributed by atoms with Crippen molar-refractivity contribution in [1.29, 1.82) is 0 Å². The Hall–Kier alpha value is -3.12. The molecule has 1 N–H and O–H groups in total. The fourth-order valence-corrected chi connectivity index (χ4v) is 5.07. The normalized spacial score (nSPS) is 17.6. The lowest BCUT2D eigenvalue weighted by Crippen LogP contribution is -2.59. The number of aliphatic carboxylic acids is 1. The molecule has 1 amide bonds. The molecule has 1 saturated heterocycles. The summed E-state index contributed by atoms with van der Waals surface area (Å²) in [5.74, 6) is -1.30. The quantitative estimate of drug-likeness (QED) is 0.672. The van der Waals surface area contributed by atoms with Crippen molar-refractivity contribution in [3.8, 4) is 5.75 Å². The van der Waals surface area contributed by atoms with Crippen molar-refractivity contribution < 1.29 is 41.0 Å². The summed E-state index contributed by atoms with van der Waals surface area (Å²) in [5.41, 5.74) is -0.379. The van der Waals surface area contributed by atoms with E-state index in [4.69, 9.17) is 4.74 Å². The van der Waals surface area contributed by atoms with E-state index in [0.29, 0.717) is 27.8 Å². The number of sulfonamides is 1. The van der Waals surface area contributed by atoms with Gasteiger partial charge in [-0.1, -0.05) is 12.1 Å². The maximum Gasteiger partial charge on any atom is 0.416 e. The van der Waals surface area contributed by atoms with E-state index in [9.17, 15) is 36.3 Å². The third-order valence-corrected chi connectivity index (χ3v) is 7.17. The monoisotopic (exact) mass is 486 g/mol. The average molecular weight is 486 g/mol. The Morgan fingerprint density at radius 2 is 1.79 bits per heavy atom. The van der Waals surface area contributed by atoms with Crippen LogP contribution >= 0.6 is 0 Å². The zero-order chi connectivity index (χ0) is 24.4. The van der Waals surface area contributed by atoms with Crippen LogP contribution in [0.25, 0.3) is 0 Å². The van der Waals surface area contributed by atoms with Crippen molar-refractivity contribution in [2.45, 2.75) is 23.5 Å². The number of carbonyl (C=O) groups is 2. The van der Waals surface area contributed by atoms with Crippen LogP contribution in [0.1, 0.15) is 11.1 Å². The Labute approximate surface area is 188 Å². The molecule has 0 bridgehead atoms. The second-order valence-electron chi connectivity index (χ2n) is 7.36. The van der Waals surface area contributed by atoms with Crippen LogP contribution in [0, 0.1) is 0 Å². The number of hydrogen-bond donors (Lipinski definition) is 1. The van der Waals surface area contributed by atoms with Crippen molar-refractivity contribution in [1.82, 2.24) is 9.21 Å². The van der Waals surface area contributed by atoms with Crippen molar-refractivity contribution in [3.05, 3.63) is 59.7 Å². The maximum absolute atomic E-state index is 13.0. The molecule has 2 aromatic rings. The number of alkyl halides is 3. The molecule has 0 spiro atoms. The molecular formula is C21H21F3N2O6S. The minimum absolute atomic E-state index is 0.0325. The third-order valence-electron chi connectivity index (χ3n) is 5.25. The van der Waals surface area contributed by atoms with Crippen LogP contribution in [0.4, 0.5) is 13.2 Å². The van der Waals surface area contributed by atoms with Gasteiger partial charge in [0.2, 0.25) is 15.9 Å². The molecule has 1 aliphatic heterocycles. The van der Waals surface area contributed by atoms with E-state index in [1.54, 1.807) is 24.3 Å². The standard InChI is InChI=1S/C21H21F3N2O6S/c1-32-16-4-2-3-14(11-16)12-19(27)25-9-10-26(18(13-25)20(28)29)33(30,31)17-7-5-15(6-8-17)21(22,23)24/h2-8,11,18H,9-10,12-13H2,1H3,(H,28,29)/t18-/m1/s1. The van der Waals surface area contributed by atoms with Gasteiger partial charge in [0.1, 0.15) is 11.8 Å². The number of carboxylic acids is 1. The highest BCUT2D eigenvalue weighted by molar-refractivity contribution is 7.89. The van der Waals surface area contributed by atoms with E-state index in [1.807, 2.05) is 0 Å². The molecule has 1 atom stereocenters. The van der Waals surface area contributed by atoms with Crippen LogP contribution in [-0.4, -0.2) is 67.4 Å². The lowest BCUT2D eigenvalue weighted by molar-refractivity contribution is -0.145. The summed E-state index contributed by atoms with van der Waals surface area (Å²) in [5, 5.41) is 9.62. The van der Waals surface area contributed by atoms with Gasteiger partial charge < -0.3 is 14.7 Å². The Morgan fingerprint density at radius 1 is 1.12 bits per heavy atom. The first-order valence-corrected chi connectivity index (χ1v) is 11.2. The summed E-state index contributed by atoms with van der Waals surface area (Å²) in [7, 11) is -2.92. The van der Waals surface area contributed by atoms with E-state index in [-0.39, 0.29) is 25.4 Å². The fraction of sp³-hybridized carbons (Fsp3) is 0.333. The summed E-state index contributed by atoms with van der Waals surface area (Å²) >= 11 is 0. The highest BCUT2D eigenvalue weighted by atomic mass is 32.2. The lowest BCUT2D eigenvalue weighted by Gasteiger charge is -2.38. The van der Waals surface area contributed by atoms with Gasteiger partial charge in [0.15, 0.2) is 0 Å². The van der Waals surface area contributed by atoms with Gasteiger partial charge in [0, 0.05) is 19.6 Å². The summed E-state index contributed by atoms with van der Waals surface area (Å²) in [4.78, 5) is 25.3. The molecule has 0 aliphatic carbocycles. The van der Waals surface area contributed by atoms with Crippen LogP contribution in [0.2, 0.25) is 0 Å². The molecule has 33 heavy (non-hydrogen) atoms. The van der Waals surface area contributed by atoms with Gasteiger partial charge in [-0.25, -0.2) is 8.42 Å². The third kappa shape index (κ3) is 5.45. The van der Waals surface area contributed by atoms with E-state index in [1.165, 1.54) is 12.0 Å². The van der Waals surface area contributed by atoms with Gasteiger partial charge in [-0.3, -0.25) is 9.59 Å². The smallest absolute Gasteiger partial charge is 0.416 e. The van der Waals surface area contributed by atoms with Gasteiger partial charge in [0.05, 0.1) is 24.0 Å². The molecule has 3 rings (SSSR count). The molecule has 2 aromatic carbocycles. The number of carbonyl (C=O) groups excluding carboxylic acids is 1. The number of rotatable bonds is 6. The number of carboxylic acid groups (broad SMARTS) is 1. The predicted molar refractivity (Wildman–Crippen MR) is 110 cm³/mol. The number of halogens is 3. The highest BCUT2D eigenvalue weighted by Gasteiger charge is 2.41. The van der Waals surface area contributed by atoms with E-state index < -0.39 is 45.2 Å². The zero-order valence-electron chi connectivity index (χ0n) is 17.4. The molecule has 0 radical (unpaired) electrons. The van der Waals surface area contributed by atoms with Gasteiger partial charge >= 0.3 is 12.1 Å². The fourth-order valence-electron chi connectivity index (χ4n) is 3.50. The number of ether oxygens (including phenoxy) is 1. The number of benzene rings is 2. The minimum atomic E-state index is -4.64.